The van der Waals surface area contributed by atoms with E-state index in [0.29, 0.717) is 12.5 Å². The van der Waals surface area contributed by atoms with E-state index in [-0.39, 0.29) is 11.5 Å². The molecule has 120 valence electrons. The van der Waals surface area contributed by atoms with Gasteiger partial charge in [-0.3, -0.25) is 4.79 Å². The minimum absolute atomic E-state index is 0.158. The van der Waals surface area contributed by atoms with E-state index in [2.05, 4.69) is 5.32 Å². The van der Waals surface area contributed by atoms with Crippen LogP contribution in [0.2, 0.25) is 0 Å². The van der Waals surface area contributed by atoms with Gasteiger partial charge < -0.3 is 10.1 Å². The maximum atomic E-state index is 13.5. The predicted molar refractivity (Wildman–Crippen MR) is 80.9 cm³/mol. The van der Waals surface area contributed by atoms with Crippen molar-refractivity contribution in [2.75, 3.05) is 6.54 Å². The van der Waals surface area contributed by atoms with Gasteiger partial charge in [0.05, 0.1) is 5.56 Å². The highest BCUT2D eigenvalue weighted by Gasteiger charge is 2.22. The van der Waals surface area contributed by atoms with E-state index in [0.717, 1.165) is 12.8 Å². The zero-order chi connectivity index (χ0) is 15.9. The van der Waals surface area contributed by atoms with E-state index in [1.54, 1.807) is 6.07 Å². The van der Waals surface area contributed by atoms with Gasteiger partial charge >= 0.3 is 5.97 Å². The molecular weight excluding hydrogens is 285 g/mol. The first-order valence-electron chi connectivity index (χ1n) is 7.81. The minimum atomic E-state index is -0.935. The molecule has 1 aromatic carbocycles. The summed E-state index contributed by atoms with van der Waals surface area (Å²) in [5.41, 5.74) is -0.158. The summed E-state index contributed by atoms with van der Waals surface area (Å²) in [6, 6.07) is 5.56. The summed E-state index contributed by atoms with van der Waals surface area (Å²) in [5.74, 6) is -1.30. The van der Waals surface area contributed by atoms with Crippen LogP contribution < -0.4 is 5.32 Å². The van der Waals surface area contributed by atoms with Crippen molar-refractivity contribution < 1.29 is 18.7 Å². The number of benzene rings is 1. The number of halogens is 1. The topological polar surface area (TPSA) is 55.4 Å². The molecule has 1 aliphatic carbocycles. The molecule has 0 heterocycles. The summed E-state index contributed by atoms with van der Waals surface area (Å²) < 4.78 is 18.5. The lowest BCUT2D eigenvalue weighted by molar-refractivity contribution is -0.129. The van der Waals surface area contributed by atoms with E-state index in [1.807, 2.05) is 0 Å². The van der Waals surface area contributed by atoms with Crippen LogP contribution in [0.15, 0.2) is 24.3 Å². The maximum Gasteiger partial charge on any atom is 0.341 e. The van der Waals surface area contributed by atoms with Gasteiger partial charge in [0.1, 0.15) is 5.82 Å². The van der Waals surface area contributed by atoms with Crippen molar-refractivity contribution in [2.24, 2.45) is 5.92 Å². The van der Waals surface area contributed by atoms with E-state index in [9.17, 15) is 14.0 Å². The molecule has 0 aliphatic heterocycles. The van der Waals surface area contributed by atoms with E-state index in [1.165, 1.54) is 44.4 Å². The first-order valence-corrected chi connectivity index (χ1v) is 7.81. The van der Waals surface area contributed by atoms with Crippen LogP contribution in [0.1, 0.15) is 49.4 Å². The molecule has 5 heteroatoms. The number of ether oxygens (including phenoxy) is 1. The van der Waals surface area contributed by atoms with Gasteiger partial charge in [0.2, 0.25) is 0 Å². The molecule has 1 aliphatic rings. The van der Waals surface area contributed by atoms with E-state index < -0.39 is 17.9 Å². The molecule has 1 fully saturated rings. The van der Waals surface area contributed by atoms with Crippen LogP contribution in [-0.2, 0) is 9.53 Å². The smallest absolute Gasteiger partial charge is 0.341 e. The van der Waals surface area contributed by atoms with Gasteiger partial charge in [-0.25, -0.2) is 9.18 Å². The number of hydrogen-bond acceptors (Lipinski definition) is 3. The Morgan fingerprint density at radius 3 is 2.64 bits per heavy atom. The number of rotatable bonds is 5. The SMILES string of the molecule is CC(OC(=O)c1ccccc1F)C(=O)NCC1CCCCC1. The lowest BCUT2D eigenvalue weighted by Gasteiger charge is -2.22. The number of carbonyl (C=O) groups is 2. The molecule has 0 radical (unpaired) electrons. The van der Waals surface area contributed by atoms with Crippen molar-refractivity contribution in [1.82, 2.24) is 5.32 Å². The van der Waals surface area contributed by atoms with E-state index >= 15 is 0 Å². The van der Waals surface area contributed by atoms with E-state index in [4.69, 9.17) is 4.74 Å². The highest BCUT2D eigenvalue weighted by Crippen LogP contribution is 2.22. The largest absolute Gasteiger partial charge is 0.449 e. The summed E-state index contributed by atoms with van der Waals surface area (Å²) >= 11 is 0. The molecule has 2 rings (SSSR count). The Bertz CT molecular complexity index is 526. The van der Waals surface area contributed by atoms with Gasteiger partial charge in [-0.05, 0) is 37.8 Å². The molecular formula is C17H22FNO3. The van der Waals surface area contributed by atoms with Gasteiger partial charge in [0.15, 0.2) is 6.10 Å². The monoisotopic (exact) mass is 307 g/mol. The first kappa shape index (κ1) is 16.5. The normalized spacial score (nSPS) is 16.8. The average Bonchev–Trinajstić information content (AvgIpc) is 2.53. The summed E-state index contributed by atoms with van der Waals surface area (Å²) in [4.78, 5) is 23.8. The highest BCUT2D eigenvalue weighted by molar-refractivity contribution is 5.92. The first-order chi connectivity index (χ1) is 10.6. The fourth-order valence-electron chi connectivity index (χ4n) is 2.68. The maximum absolute atomic E-state index is 13.5. The minimum Gasteiger partial charge on any atom is -0.449 e. The number of esters is 1. The molecule has 1 aromatic rings. The molecule has 0 bridgehead atoms. The van der Waals surface area contributed by atoms with Crippen molar-refractivity contribution >= 4 is 11.9 Å². The Balaban J connectivity index is 1.80. The summed E-state index contributed by atoms with van der Waals surface area (Å²) in [6.07, 6.45) is 5.00. The lowest BCUT2D eigenvalue weighted by atomic mass is 9.89. The lowest BCUT2D eigenvalue weighted by Crippen LogP contribution is -2.38. The van der Waals surface area contributed by atoms with Crippen LogP contribution in [0.4, 0.5) is 4.39 Å². The number of carbonyl (C=O) groups excluding carboxylic acids is 2. The molecule has 1 atom stereocenters. The van der Waals surface area contributed by atoms with Crippen molar-refractivity contribution in [3.63, 3.8) is 0 Å². The number of amides is 1. The number of hydrogen-bond donors (Lipinski definition) is 1. The zero-order valence-electron chi connectivity index (χ0n) is 12.8. The van der Waals surface area contributed by atoms with Gasteiger partial charge in [0, 0.05) is 6.54 Å². The van der Waals surface area contributed by atoms with Crippen molar-refractivity contribution in [3.8, 4) is 0 Å². The van der Waals surface area contributed by atoms with Gasteiger partial charge in [-0.1, -0.05) is 31.4 Å². The Kier molecular flexibility index (Phi) is 5.92. The fraction of sp³-hybridized carbons (Fsp3) is 0.529. The number of nitrogens with one attached hydrogen (secondary N) is 1. The third kappa shape index (κ3) is 4.55. The van der Waals surface area contributed by atoms with Crippen LogP contribution >= 0.6 is 0 Å². The summed E-state index contributed by atoms with van der Waals surface area (Å²) in [5, 5.41) is 2.81. The van der Waals surface area contributed by atoms with Gasteiger partial charge in [-0.2, -0.15) is 0 Å². The molecule has 22 heavy (non-hydrogen) atoms. The molecule has 0 spiro atoms. The molecule has 0 aromatic heterocycles. The van der Waals surface area contributed by atoms with Crippen LogP contribution in [0.25, 0.3) is 0 Å². The average molecular weight is 307 g/mol. The van der Waals surface area contributed by atoms with Gasteiger partial charge in [0.25, 0.3) is 5.91 Å². The third-order valence-electron chi connectivity index (χ3n) is 4.04. The fourth-order valence-corrected chi connectivity index (χ4v) is 2.68. The predicted octanol–water partition coefficient (Wildman–Crippen LogP) is 3.07. The molecule has 1 unspecified atom stereocenters. The van der Waals surface area contributed by atoms with Crippen LogP contribution in [-0.4, -0.2) is 24.5 Å². The standard InChI is InChI=1S/C17H22FNO3/c1-12(16(20)19-11-13-7-3-2-4-8-13)22-17(21)14-9-5-6-10-15(14)18/h5-6,9-10,12-13H,2-4,7-8,11H2,1H3,(H,19,20). The zero-order valence-corrected chi connectivity index (χ0v) is 12.8. The molecule has 4 nitrogen and oxygen atoms in total. The molecule has 1 saturated carbocycles. The Hall–Kier alpha value is -1.91. The second kappa shape index (κ2) is 7.92. The van der Waals surface area contributed by atoms with Crippen molar-refractivity contribution in [1.29, 1.82) is 0 Å². The quantitative estimate of drug-likeness (QED) is 0.851. The third-order valence-corrected chi connectivity index (χ3v) is 4.04. The molecule has 1 N–H and O–H groups in total. The molecule has 0 saturated heterocycles. The Morgan fingerprint density at radius 2 is 1.95 bits per heavy atom. The van der Waals surface area contributed by atoms with Crippen LogP contribution in [0, 0.1) is 11.7 Å². The second-order valence-electron chi connectivity index (χ2n) is 5.78. The summed E-state index contributed by atoms with van der Waals surface area (Å²) in [7, 11) is 0. The Labute approximate surface area is 130 Å². The van der Waals surface area contributed by atoms with Crippen molar-refractivity contribution in [3.05, 3.63) is 35.6 Å². The second-order valence-corrected chi connectivity index (χ2v) is 5.78. The van der Waals surface area contributed by atoms with Crippen LogP contribution in [0.3, 0.4) is 0 Å². The summed E-state index contributed by atoms with van der Waals surface area (Å²) in [6.45, 7) is 2.11. The van der Waals surface area contributed by atoms with Crippen molar-refractivity contribution in [2.45, 2.75) is 45.1 Å². The molecule has 1 amide bonds. The van der Waals surface area contributed by atoms with Gasteiger partial charge in [-0.15, -0.1) is 0 Å². The van der Waals surface area contributed by atoms with Crippen LogP contribution in [0.5, 0.6) is 0 Å². The highest BCUT2D eigenvalue weighted by atomic mass is 19.1. The Morgan fingerprint density at radius 1 is 1.27 bits per heavy atom.